The first-order valence-corrected chi connectivity index (χ1v) is 6.95. The predicted octanol–water partition coefficient (Wildman–Crippen LogP) is 1.71. The van der Waals surface area contributed by atoms with E-state index < -0.39 is 0 Å². The molecule has 1 aromatic rings. The fraction of sp³-hybridized carbons (Fsp3) is 0.533. The summed E-state index contributed by atoms with van der Waals surface area (Å²) in [6.45, 7) is 0.403. The van der Waals surface area contributed by atoms with E-state index in [0.29, 0.717) is 19.1 Å². The van der Waals surface area contributed by atoms with Gasteiger partial charge in [-0.3, -0.25) is 4.79 Å². The van der Waals surface area contributed by atoms with E-state index >= 15 is 0 Å². The van der Waals surface area contributed by atoms with E-state index in [2.05, 4.69) is 5.32 Å². The van der Waals surface area contributed by atoms with Crippen LogP contribution in [0.25, 0.3) is 0 Å². The van der Waals surface area contributed by atoms with Crippen LogP contribution in [0, 0.1) is 0 Å². The summed E-state index contributed by atoms with van der Waals surface area (Å²) in [7, 11) is 0. The van der Waals surface area contributed by atoms with Crippen molar-refractivity contribution < 1.29 is 14.6 Å². The SMILES string of the molecule is O=C(CCOc1ccc2c(c1)CC[C@H]2O)NC1CC1. The molecule has 0 radical (unpaired) electrons. The van der Waals surface area contributed by atoms with Crippen LogP contribution in [-0.2, 0) is 11.2 Å². The number of hydrogen-bond acceptors (Lipinski definition) is 3. The molecular formula is C15H19NO3. The van der Waals surface area contributed by atoms with Crippen molar-refractivity contribution >= 4 is 5.91 Å². The second-order valence-electron chi connectivity index (χ2n) is 5.36. The van der Waals surface area contributed by atoms with Crippen LogP contribution in [0.2, 0.25) is 0 Å². The Morgan fingerprint density at radius 1 is 1.37 bits per heavy atom. The third kappa shape index (κ3) is 3.07. The molecule has 2 N–H and O–H groups in total. The molecule has 0 spiro atoms. The second kappa shape index (κ2) is 5.21. The van der Waals surface area contributed by atoms with Crippen molar-refractivity contribution in [2.24, 2.45) is 0 Å². The minimum absolute atomic E-state index is 0.0686. The van der Waals surface area contributed by atoms with Crippen LogP contribution in [0.3, 0.4) is 0 Å². The molecule has 0 heterocycles. The number of nitrogens with one attached hydrogen (secondary N) is 1. The number of hydrogen-bond donors (Lipinski definition) is 2. The van der Waals surface area contributed by atoms with Crippen LogP contribution < -0.4 is 10.1 Å². The molecule has 2 aliphatic carbocycles. The highest BCUT2D eigenvalue weighted by Gasteiger charge is 2.23. The largest absolute Gasteiger partial charge is 0.493 e. The van der Waals surface area contributed by atoms with Crippen molar-refractivity contribution in [2.45, 2.75) is 44.2 Å². The van der Waals surface area contributed by atoms with Gasteiger partial charge in [0.15, 0.2) is 0 Å². The lowest BCUT2D eigenvalue weighted by Gasteiger charge is -2.09. The molecule has 1 amide bonds. The van der Waals surface area contributed by atoms with Crippen LogP contribution in [0.4, 0.5) is 0 Å². The van der Waals surface area contributed by atoms with Crippen molar-refractivity contribution in [3.05, 3.63) is 29.3 Å². The zero-order valence-electron chi connectivity index (χ0n) is 10.9. The van der Waals surface area contributed by atoms with Gasteiger partial charge >= 0.3 is 0 Å². The number of aliphatic hydroxyl groups excluding tert-OH is 1. The Morgan fingerprint density at radius 3 is 3.00 bits per heavy atom. The molecule has 102 valence electrons. The number of benzene rings is 1. The Hall–Kier alpha value is -1.55. The quantitative estimate of drug-likeness (QED) is 0.848. The van der Waals surface area contributed by atoms with Crippen molar-refractivity contribution in [1.82, 2.24) is 5.32 Å². The fourth-order valence-electron chi connectivity index (χ4n) is 2.45. The Labute approximate surface area is 112 Å². The summed E-state index contributed by atoms with van der Waals surface area (Å²) in [5.41, 5.74) is 2.17. The molecule has 0 aliphatic heterocycles. The summed E-state index contributed by atoms with van der Waals surface area (Å²) in [6, 6.07) is 6.18. The summed E-state index contributed by atoms with van der Waals surface area (Å²) >= 11 is 0. The van der Waals surface area contributed by atoms with Gasteiger partial charge in [-0.15, -0.1) is 0 Å². The van der Waals surface area contributed by atoms with E-state index in [1.54, 1.807) is 0 Å². The third-order valence-corrected chi connectivity index (χ3v) is 3.70. The maximum atomic E-state index is 11.5. The lowest BCUT2D eigenvalue weighted by atomic mass is 10.1. The van der Waals surface area contributed by atoms with Crippen molar-refractivity contribution in [3.8, 4) is 5.75 Å². The number of carbonyl (C=O) groups excluding carboxylic acids is 1. The van der Waals surface area contributed by atoms with E-state index in [9.17, 15) is 9.90 Å². The zero-order chi connectivity index (χ0) is 13.2. The maximum Gasteiger partial charge on any atom is 0.223 e. The number of aliphatic hydroxyl groups is 1. The number of ether oxygens (including phenoxy) is 1. The number of carbonyl (C=O) groups is 1. The van der Waals surface area contributed by atoms with Crippen LogP contribution in [0.5, 0.6) is 5.75 Å². The van der Waals surface area contributed by atoms with Crippen LogP contribution in [-0.4, -0.2) is 23.7 Å². The van der Waals surface area contributed by atoms with Crippen LogP contribution >= 0.6 is 0 Å². The number of fused-ring (bicyclic) bond motifs is 1. The van der Waals surface area contributed by atoms with Gasteiger partial charge in [0.05, 0.1) is 19.1 Å². The topological polar surface area (TPSA) is 58.6 Å². The van der Waals surface area contributed by atoms with E-state index in [-0.39, 0.29) is 12.0 Å². The minimum Gasteiger partial charge on any atom is -0.493 e. The second-order valence-corrected chi connectivity index (χ2v) is 5.36. The van der Waals surface area contributed by atoms with Crippen molar-refractivity contribution in [3.63, 3.8) is 0 Å². The molecule has 0 saturated heterocycles. The van der Waals surface area contributed by atoms with E-state index in [1.165, 1.54) is 0 Å². The highest BCUT2D eigenvalue weighted by Crippen LogP contribution is 2.33. The molecule has 0 aromatic heterocycles. The van der Waals surface area contributed by atoms with E-state index in [4.69, 9.17) is 4.74 Å². The van der Waals surface area contributed by atoms with E-state index in [1.807, 2.05) is 18.2 Å². The lowest BCUT2D eigenvalue weighted by molar-refractivity contribution is -0.121. The summed E-state index contributed by atoms with van der Waals surface area (Å²) in [6.07, 6.45) is 3.99. The lowest BCUT2D eigenvalue weighted by Crippen LogP contribution is -2.26. The number of amides is 1. The molecule has 1 fully saturated rings. The van der Waals surface area contributed by atoms with Gasteiger partial charge in [-0.1, -0.05) is 6.07 Å². The van der Waals surface area contributed by atoms with Gasteiger partial charge in [0.2, 0.25) is 5.91 Å². The van der Waals surface area contributed by atoms with Gasteiger partial charge in [-0.2, -0.15) is 0 Å². The molecule has 3 rings (SSSR count). The van der Waals surface area contributed by atoms with Gasteiger partial charge < -0.3 is 15.2 Å². The van der Waals surface area contributed by atoms with Crippen LogP contribution in [0.1, 0.15) is 42.9 Å². The first-order valence-electron chi connectivity index (χ1n) is 6.95. The fourth-order valence-corrected chi connectivity index (χ4v) is 2.45. The summed E-state index contributed by atoms with van der Waals surface area (Å²) in [4.78, 5) is 11.5. The van der Waals surface area contributed by atoms with Gasteiger partial charge in [0, 0.05) is 6.04 Å². The Balaban J connectivity index is 1.48. The summed E-state index contributed by atoms with van der Waals surface area (Å²) in [5, 5.41) is 12.7. The standard InChI is InChI=1S/C15H19NO3/c17-14-6-1-10-9-12(4-5-13(10)14)19-8-7-15(18)16-11-2-3-11/h4-5,9,11,14,17H,1-3,6-8H2,(H,16,18)/t14-/m1/s1. The predicted molar refractivity (Wildman–Crippen MR) is 71.0 cm³/mol. The normalized spacial score (nSPS) is 21.0. The zero-order valence-corrected chi connectivity index (χ0v) is 10.9. The molecule has 0 unspecified atom stereocenters. The maximum absolute atomic E-state index is 11.5. The molecule has 2 aliphatic rings. The first kappa shape index (κ1) is 12.5. The van der Waals surface area contributed by atoms with E-state index in [0.717, 1.165) is 42.6 Å². The highest BCUT2D eigenvalue weighted by molar-refractivity contribution is 5.76. The Morgan fingerprint density at radius 2 is 2.21 bits per heavy atom. The first-order chi connectivity index (χ1) is 9.22. The van der Waals surface area contributed by atoms with Gasteiger partial charge in [-0.25, -0.2) is 0 Å². The van der Waals surface area contributed by atoms with Crippen molar-refractivity contribution in [1.29, 1.82) is 0 Å². The molecular weight excluding hydrogens is 242 g/mol. The summed E-state index contributed by atoms with van der Waals surface area (Å²) in [5.74, 6) is 0.853. The molecule has 1 atom stereocenters. The van der Waals surface area contributed by atoms with Crippen molar-refractivity contribution in [2.75, 3.05) is 6.61 Å². The molecule has 4 nitrogen and oxygen atoms in total. The molecule has 1 aromatic carbocycles. The smallest absolute Gasteiger partial charge is 0.223 e. The summed E-state index contributed by atoms with van der Waals surface area (Å²) < 4.78 is 5.60. The van der Waals surface area contributed by atoms with Gasteiger partial charge in [0.1, 0.15) is 5.75 Å². The number of rotatable bonds is 5. The molecule has 4 heteroatoms. The number of aryl methyl sites for hydroxylation is 1. The van der Waals surface area contributed by atoms with Crippen LogP contribution in [0.15, 0.2) is 18.2 Å². The average Bonchev–Trinajstić information content (AvgIpc) is 3.13. The molecule has 19 heavy (non-hydrogen) atoms. The minimum atomic E-state index is -0.326. The third-order valence-electron chi connectivity index (χ3n) is 3.70. The monoisotopic (exact) mass is 261 g/mol. The Kier molecular flexibility index (Phi) is 3.42. The van der Waals surface area contributed by atoms with Gasteiger partial charge in [-0.05, 0) is 48.9 Å². The molecule has 1 saturated carbocycles. The Bertz CT molecular complexity index is 482. The van der Waals surface area contributed by atoms with Gasteiger partial charge in [0.25, 0.3) is 0 Å². The average molecular weight is 261 g/mol. The molecule has 0 bridgehead atoms. The highest BCUT2D eigenvalue weighted by atomic mass is 16.5.